The highest BCUT2D eigenvalue weighted by atomic mass is 32.2. The Morgan fingerprint density at radius 3 is 2.88 bits per heavy atom. The van der Waals surface area contributed by atoms with Crippen LogP contribution in [0.4, 0.5) is 0 Å². The Hall–Kier alpha value is -2.02. The van der Waals surface area contributed by atoms with Gasteiger partial charge in [-0.15, -0.1) is 10.2 Å². The summed E-state index contributed by atoms with van der Waals surface area (Å²) in [5.74, 6) is 2.22. The molecule has 2 aromatic rings. The van der Waals surface area contributed by atoms with Crippen LogP contribution in [0, 0.1) is 0 Å². The largest absolute Gasteiger partial charge is 0.497 e. The van der Waals surface area contributed by atoms with Gasteiger partial charge in [-0.25, -0.2) is 0 Å². The summed E-state index contributed by atoms with van der Waals surface area (Å²) in [5.41, 5.74) is 1.05. The van der Waals surface area contributed by atoms with E-state index in [0.29, 0.717) is 12.3 Å². The number of fused-ring (bicyclic) bond motifs is 1. The van der Waals surface area contributed by atoms with Crippen LogP contribution in [0.15, 0.2) is 29.4 Å². The highest BCUT2D eigenvalue weighted by Crippen LogP contribution is 2.21. The minimum atomic E-state index is 0.00166. The molecule has 128 valence electrons. The number of benzene rings is 1. The molecule has 1 aliphatic rings. The number of hydrogen-bond acceptors (Lipinski definition) is 5. The summed E-state index contributed by atoms with van der Waals surface area (Å²) in [4.78, 5) is 12.1. The summed E-state index contributed by atoms with van der Waals surface area (Å²) < 4.78 is 7.28. The van der Waals surface area contributed by atoms with Gasteiger partial charge in [0, 0.05) is 19.5 Å². The summed E-state index contributed by atoms with van der Waals surface area (Å²) >= 11 is 1.46. The maximum atomic E-state index is 12.1. The molecule has 0 unspecified atom stereocenters. The number of carbonyl (C=O) groups is 1. The molecule has 0 spiro atoms. The maximum Gasteiger partial charge on any atom is 0.230 e. The van der Waals surface area contributed by atoms with Crippen LogP contribution in [0.25, 0.3) is 0 Å². The number of nitrogens with zero attached hydrogens (tertiary/aromatic N) is 3. The maximum absolute atomic E-state index is 12.1. The van der Waals surface area contributed by atoms with E-state index in [9.17, 15) is 4.79 Å². The second-order valence-electron chi connectivity index (χ2n) is 5.77. The smallest absolute Gasteiger partial charge is 0.230 e. The van der Waals surface area contributed by atoms with E-state index in [1.807, 2.05) is 24.3 Å². The number of aromatic nitrogens is 3. The lowest BCUT2D eigenvalue weighted by Gasteiger charge is -2.08. The molecule has 1 N–H and O–H groups in total. The van der Waals surface area contributed by atoms with Crippen LogP contribution in [0.3, 0.4) is 0 Å². The van der Waals surface area contributed by atoms with Crippen molar-refractivity contribution in [3.8, 4) is 5.75 Å². The van der Waals surface area contributed by atoms with E-state index in [-0.39, 0.29) is 5.91 Å². The van der Waals surface area contributed by atoms with Crippen LogP contribution in [0.5, 0.6) is 5.75 Å². The number of methoxy groups -OCH3 is 1. The van der Waals surface area contributed by atoms with Gasteiger partial charge in [-0.2, -0.15) is 0 Å². The van der Waals surface area contributed by atoms with E-state index in [4.69, 9.17) is 4.74 Å². The van der Waals surface area contributed by atoms with Crippen molar-refractivity contribution >= 4 is 17.7 Å². The van der Waals surface area contributed by atoms with E-state index >= 15 is 0 Å². The van der Waals surface area contributed by atoms with Gasteiger partial charge in [0.1, 0.15) is 11.6 Å². The zero-order chi connectivity index (χ0) is 16.8. The number of ether oxygens (including phenoxy) is 1. The molecule has 1 aromatic carbocycles. The lowest BCUT2D eigenvalue weighted by atomic mass is 10.2. The summed E-state index contributed by atoms with van der Waals surface area (Å²) in [7, 11) is 1.64. The summed E-state index contributed by atoms with van der Waals surface area (Å²) in [6, 6.07) is 7.68. The molecule has 3 rings (SSSR count). The van der Waals surface area contributed by atoms with Gasteiger partial charge in [0.05, 0.1) is 12.9 Å². The van der Waals surface area contributed by atoms with Crippen LogP contribution < -0.4 is 10.1 Å². The van der Waals surface area contributed by atoms with Crippen molar-refractivity contribution in [2.75, 3.05) is 12.9 Å². The van der Waals surface area contributed by atoms with Gasteiger partial charge in [-0.1, -0.05) is 30.3 Å². The standard InChI is InChI=1S/C17H22N4O2S/c1-23-14-8-6-13(7-9-14)11-18-16(22)12-24-17-20-19-15-5-3-2-4-10-21(15)17/h6-9H,2-5,10-12H2,1H3,(H,18,22). The van der Waals surface area contributed by atoms with Crippen molar-refractivity contribution < 1.29 is 9.53 Å². The lowest BCUT2D eigenvalue weighted by molar-refractivity contribution is -0.118. The van der Waals surface area contributed by atoms with Crippen molar-refractivity contribution in [1.29, 1.82) is 0 Å². The minimum absolute atomic E-state index is 0.00166. The number of hydrogen-bond donors (Lipinski definition) is 1. The third-order valence-corrected chi connectivity index (χ3v) is 5.02. The highest BCUT2D eigenvalue weighted by Gasteiger charge is 2.15. The molecular formula is C17H22N4O2S. The first kappa shape index (κ1) is 16.8. The molecule has 0 atom stereocenters. The SMILES string of the molecule is COc1ccc(CNC(=O)CSc2nnc3n2CCCCC3)cc1. The third-order valence-electron chi connectivity index (χ3n) is 4.06. The molecule has 1 aliphatic heterocycles. The molecule has 0 saturated carbocycles. The Balaban J connectivity index is 1.48. The zero-order valence-electron chi connectivity index (χ0n) is 13.8. The van der Waals surface area contributed by atoms with Gasteiger partial charge in [0.25, 0.3) is 0 Å². The lowest BCUT2D eigenvalue weighted by Crippen LogP contribution is -2.24. The van der Waals surface area contributed by atoms with Crippen molar-refractivity contribution in [2.45, 2.75) is 43.9 Å². The average molecular weight is 346 g/mol. The molecule has 0 fully saturated rings. The fourth-order valence-corrected chi connectivity index (χ4v) is 3.50. The predicted molar refractivity (Wildman–Crippen MR) is 93.1 cm³/mol. The normalized spacial score (nSPS) is 13.9. The van der Waals surface area contributed by atoms with Crippen molar-refractivity contribution in [1.82, 2.24) is 20.1 Å². The number of carbonyl (C=O) groups excluding carboxylic acids is 1. The molecular weight excluding hydrogens is 324 g/mol. The Kier molecular flexibility index (Phi) is 5.74. The summed E-state index contributed by atoms with van der Waals surface area (Å²) in [6.07, 6.45) is 4.54. The molecule has 1 amide bonds. The number of thioether (sulfide) groups is 1. The molecule has 7 heteroatoms. The fraction of sp³-hybridized carbons (Fsp3) is 0.471. The van der Waals surface area contributed by atoms with Gasteiger partial charge in [0.15, 0.2) is 5.16 Å². The average Bonchev–Trinajstić information content (AvgIpc) is 2.85. The van der Waals surface area contributed by atoms with Crippen LogP contribution in [-0.4, -0.2) is 33.5 Å². The van der Waals surface area contributed by atoms with Crippen molar-refractivity contribution in [3.63, 3.8) is 0 Å². The second-order valence-corrected chi connectivity index (χ2v) is 6.72. The topological polar surface area (TPSA) is 69.0 Å². The van der Waals surface area contributed by atoms with E-state index in [1.54, 1.807) is 7.11 Å². The Morgan fingerprint density at radius 1 is 1.25 bits per heavy atom. The highest BCUT2D eigenvalue weighted by molar-refractivity contribution is 7.99. The van der Waals surface area contributed by atoms with Crippen LogP contribution in [-0.2, 0) is 24.3 Å². The Bertz CT molecular complexity index is 684. The van der Waals surface area contributed by atoms with E-state index in [2.05, 4.69) is 20.1 Å². The quantitative estimate of drug-likeness (QED) is 0.814. The molecule has 0 radical (unpaired) electrons. The number of rotatable bonds is 6. The monoisotopic (exact) mass is 346 g/mol. The van der Waals surface area contributed by atoms with Crippen molar-refractivity contribution in [3.05, 3.63) is 35.7 Å². The van der Waals surface area contributed by atoms with E-state index < -0.39 is 0 Å². The first-order valence-corrected chi connectivity index (χ1v) is 9.19. The molecule has 6 nitrogen and oxygen atoms in total. The van der Waals surface area contributed by atoms with Gasteiger partial charge >= 0.3 is 0 Å². The summed E-state index contributed by atoms with van der Waals surface area (Å²) in [6.45, 7) is 1.47. The molecule has 0 saturated heterocycles. The third kappa shape index (κ3) is 4.29. The molecule has 0 bridgehead atoms. The molecule has 1 aromatic heterocycles. The fourth-order valence-electron chi connectivity index (χ4n) is 2.69. The first-order valence-electron chi connectivity index (χ1n) is 8.21. The van der Waals surface area contributed by atoms with E-state index in [0.717, 1.165) is 41.7 Å². The van der Waals surface area contributed by atoms with Crippen LogP contribution in [0.1, 0.15) is 30.7 Å². The van der Waals surface area contributed by atoms with Crippen LogP contribution in [0.2, 0.25) is 0 Å². The number of nitrogens with one attached hydrogen (secondary N) is 1. The molecule has 2 heterocycles. The Labute approximate surface area is 146 Å². The number of amides is 1. The van der Waals surface area contributed by atoms with Crippen LogP contribution >= 0.6 is 11.8 Å². The van der Waals surface area contributed by atoms with Crippen molar-refractivity contribution in [2.24, 2.45) is 0 Å². The predicted octanol–water partition coefficient (Wildman–Crippen LogP) is 2.42. The Morgan fingerprint density at radius 2 is 2.08 bits per heavy atom. The van der Waals surface area contributed by atoms with Gasteiger partial charge in [0.2, 0.25) is 5.91 Å². The first-order chi connectivity index (χ1) is 11.8. The number of aryl methyl sites for hydroxylation is 1. The minimum Gasteiger partial charge on any atom is -0.497 e. The van der Waals surface area contributed by atoms with Gasteiger partial charge in [-0.3, -0.25) is 4.79 Å². The molecule has 0 aliphatic carbocycles. The summed E-state index contributed by atoms with van der Waals surface area (Å²) in [5, 5.41) is 12.3. The van der Waals surface area contributed by atoms with E-state index in [1.165, 1.54) is 24.6 Å². The second kappa shape index (κ2) is 8.19. The van der Waals surface area contributed by atoms with Gasteiger partial charge in [-0.05, 0) is 30.5 Å². The molecule has 24 heavy (non-hydrogen) atoms. The zero-order valence-corrected chi connectivity index (χ0v) is 14.6. The van der Waals surface area contributed by atoms with Gasteiger partial charge < -0.3 is 14.6 Å².